The van der Waals surface area contributed by atoms with Crippen molar-refractivity contribution in [2.24, 2.45) is 0 Å². The van der Waals surface area contributed by atoms with Crippen LogP contribution in [0.25, 0.3) is 0 Å². The molecular weight excluding hydrogens is 240 g/mol. The van der Waals surface area contributed by atoms with Crippen molar-refractivity contribution >= 4 is 5.82 Å². The maximum atomic E-state index is 8.93. The number of aliphatic hydroxyl groups excluding tert-OH is 1. The summed E-state index contributed by atoms with van der Waals surface area (Å²) in [6.07, 6.45) is 1.95. The third kappa shape index (κ3) is 3.65. The molecule has 106 valence electrons. The van der Waals surface area contributed by atoms with E-state index in [2.05, 4.69) is 39.2 Å². The Bertz CT molecular complexity index is 374. The van der Waals surface area contributed by atoms with Gasteiger partial charge in [0, 0.05) is 45.0 Å². The van der Waals surface area contributed by atoms with Crippen LogP contribution in [0, 0.1) is 0 Å². The highest BCUT2D eigenvalue weighted by atomic mass is 16.3. The van der Waals surface area contributed by atoms with Gasteiger partial charge in [0.2, 0.25) is 0 Å². The number of piperazine rings is 1. The largest absolute Gasteiger partial charge is 0.395 e. The molecule has 1 atom stereocenters. The Hall–Kier alpha value is -1.17. The van der Waals surface area contributed by atoms with Gasteiger partial charge in [-0.3, -0.25) is 4.90 Å². The summed E-state index contributed by atoms with van der Waals surface area (Å²) in [6, 6.07) is 4.58. The van der Waals surface area contributed by atoms with Crippen molar-refractivity contribution in [3.8, 4) is 0 Å². The number of anilines is 1. The fourth-order valence-corrected chi connectivity index (χ4v) is 2.35. The van der Waals surface area contributed by atoms with E-state index in [4.69, 9.17) is 5.11 Å². The van der Waals surface area contributed by atoms with Gasteiger partial charge in [0.1, 0.15) is 5.82 Å². The standard InChI is InChI=1S/C14H24N4O/c1-12(15-2)13-3-4-14(16-11-13)18-7-5-17(6-8-18)9-10-19/h3-4,11-12,15,19H,5-10H2,1-2H3. The molecule has 2 heterocycles. The first-order valence-electron chi connectivity index (χ1n) is 6.96. The third-order valence-electron chi connectivity index (χ3n) is 3.82. The lowest BCUT2D eigenvalue weighted by molar-refractivity contribution is 0.188. The number of β-amino-alcohol motifs (C(OH)–C–C–N with tert-alkyl or cyclic N) is 1. The Morgan fingerprint density at radius 1 is 1.32 bits per heavy atom. The molecule has 0 radical (unpaired) electrons. The van der Waals surface area contributed by atoms with Gasteiger partial charge in [0.15, 0.2) is 0 Å². The number of hydrogen-bond donors (Lipinski definition) is 2. The molecule has 0 aromatic carbocycles. The van der Waals surface area contributed by atoms with Crippen molar-refractivity contribution in [3.05, 3.63) is 23.9 Å². The highest BCUT2D eigenvalue weighted by molar-refractivity contribution is 5.40. The van der Waals surface area contributed by atoms with Crippen LogP contribution in [-0.4, -0.2) is 61.4 Å². The van der Waals surface area contributed by atoms with Gasteiger partial charge in [-0.2, -0.15) is 0 Å². The summed E-state index contributed by atoms with van der Waals surface area (Å²) in [5.74, 6) is 1.05. The minimum absolute atomic E-state index is 0.245. The molecule has 2 rings (SSSR count). The lowest BCUT2D eigenvalue weighted by Crippen LogP contribution is -2.47. The van der Waals surface area contributed by atoms with Crippen LogP contribution in [0.15, 0.2) is 18.3 Å². The lowest BCUT2D eigenvalue weighted by atomic mass is 10.1. The highest BCUT2D eigenvalue weighted by Gasteiger charge is 2.17. The fourth-order valence-electron chi connectivity index (χ4n) is 2.35. The van der Waals surface area contributed by atoms with Gasteiger partial charge >= 0.3 is 0 Å². The van der Waals surface area contributed by atoms with E-state index in [-0.39, 0.29) is 6.61 Å². The first-order valence-corrected chi connectivity index (χ1v) is 6.96. The average Bonchev–Trinajstić information content (AvgIpc) is 2.48. The van der Waals surface area contributed by atoms with Gasteiger partial charge in [-0.25, -0.2) is 4.98 Å². The molecule has 1 aromatic rings. The summed E-state index contributed by atoms with van der Waals surface area (Å²) < 4.78 is 0. The quantitative estimate of drug-likeness (QED) is 0.810. The first-order chi connectivity index (χ1) is 9.24. The molecular formula is C14H24N4O. The number of nitrogens with zero attached hydrogens (tertiary/aromatic N) is 3. The van der Waals surface area contributed by atoms with E-state index in [1.165, 1.54) is 5.56 Å². The van der Waals surface area contributed by atoms with Crippen LogP contribution in [0.1, 0.15) is 18.5 Å². The Kier molecular flexibility index (Phi) is 5.13. The Morgan fingerprint density at radius 3 is 2.58 bits per heavy atom. The van der Waals surface area contributed by atoms with Crippen LogP contribution in [0.3, 0.4) is 0 Å². The molecule has 0 aliphatic carbocycles. The zero-order valence-electron chi connectivity index (χ0n) is 11.8. The smallest absolute Gasteiger partial charge is 0.128 e. The van der Waals surface area contributed by atoms with Crippen molar-refractivity contribution in [3.63, 3.8) is 0 Å². The second kappa shape index (κ2) is 6.84. The minimum Gasteiger partial charge on any atom is -0.395 e. The summed E-state index contributed by atoms with van der Waals surface area (Å²) in [4.78, 5) is 9.15. The van der Waals surface area contributed by atoms with Crippen molar-refractivity contribution in [2.75, 3.05) is 51.3 Å². The fraction of sp³-hybridized carbons (Fsp3) is 0.643. The molecule has 19 heavy (non-hydrogen) atoms. The van der Waals surface area contributed by atoms with Gasteiger partial charge in [-0.1, -0.05) is 6.07 Å². The summed E-state index contributed by atoms with van der Waals surface area (Å²) in [7, 11) is 1.96. The predicted octanol–water partition coefficient (Wildman–Crippen LogP) is 0.476. The van der Waals surface area contributed by atoms with Crippen LogP contribution >= 0.6 is 0 Å². The van der Waals surface area contributed by atoms with E-state index in [1.807, 2.05) is 13.2 Å². The minimum atomic E-state index is 0.245. The normalized spacial score (nSPS) is 18.6. The van der Waals surface area contributed by atoms with Gasteiger partial charge in [-0.05, 0) is 25.6 Å². The van der Waals surface area contributed by atoms with E-state index in [0.29, 0.717) is 6.04 Å². The number of rotatable bonds is 5. The zero-order chi connectivity index (χ0) is 13.7. The summed E-state index contributed by atoms with van der Waals surface area (Å²) in [5, 5.41) is 12.1. The lowest BCUT2D eigenvalue weighted by Gasteiger charge is -2.35. The SMILES string of the molecule is CNC(C)c1ccc(N2CCN(CCO)CC2)nc1. The monoisotopic (exact) mass is 264 g/mol. The molecule has 1 unspecified atom stereocenters. The molecule has 0 amide bonds. The summed E-state index contributed by atoms with van der Waals surface area (Å²) >= 11 is 0. The molecule has 5 nitrogen and oxygen atoms in total. The highest BCUT2D eigenvalue weighted by Crippen LogP contribution is 2.17. The maximum absolute atomic E-state index is 8.93. The van der Waals surface area contributed by atoms with Gasteiger partial charge in [-0.15, -0.1) is 0 Å². The molecule has 1 saturated heterocycles. The molecule has 1 fully saturated rings. The van der Waals surface area contributed by atoms with E-state index < -0.39 is 0 Å². The molecule has 1 aliphatic rings. The van der Waals surface area contributed by atoms with Crippen molar-refractivity contribution in [2.45, 2.75) is 13.0 Å². The van der Waals surface area contributed by atoms with Crippen LogP contribution in [-0.2, 0) is 0 Å². The van der Waals surface area contributed by atoms with E-state index >= 15 is 0 Å². The number of pyridine rings is 1. The molecule has 1 aromatic heterocycles. The van der Waals surface area contributed by atoms with Gasteiger partial charge in [0.05, 0.1) is 6.61 Å². The molecule has 2 N–H and O–H groups in total. The Labute approximate surface area is 115 Å². The van der Waals surface area contributed by atoms with E-state index in [0.717, 1.165) is 38.5 Å². The van der Waals surface area contributed by atoms with Gasteiger partial charge in [0.25, 0.3) is 0 Å². The first kappa shape index (κ1) is 14.2. The summed E-state index contributed by atoms with van der Waals surface area (Å²) in [5.41, 5.74) is 1.21. The number of nitrogens with one attached hydrogen (secondary N) is 1. The molecule has 1 aliphatic heterocycles. The second-order valence-corrected chi connectivity index (χ2v) is 5.01. The molecule has 0 saturated carbocycles. The molecule has 0 bridgehead atoms. The van der Waals surface area contributed by atoms with Crippen LogP contribution < -0.4 is 10.2 Å². The Morgan fingerprint density at radius 2 is 2.05 bits per heavy atom. The third-order valence-corrected chi connectivity index (χ3v) is 3.82. The van der Waals surface area contributed by atoms with E-state index in [9.17, 15) is 0 Å². The number of aliphatic hydroxyl groups is 1. The zero-order valence-corrected chi connectivity index (χ0v) is 11.8. The second-order valence-electron chi connectivity index (χ2n) is 5.01. The van der Waals surface area contributed by atoms with Crippen LogP contribution in [0.2, 0.25) is 0 Å². The summed E-state index contributed by atoms with van der Waals surface area (Å²) in [6.45, 7) is 7.11. The maximum Gasteiger partial charge on any atom is 0.128 e. The topological polar surface area (TPSA) is 51.6 Å². The van der Waals surface area contributed by atoms with E-state index in [1.54, 1.807) is 0 Å². The van der Waals surface area contributed by atoms with Crippen molar-refractivity contribution in [1.82, 2.24) is 15.2 Å². The van der Waals surface area contributed by atoms with Crippen LogP contribution in [0.5, 0.6) is 0 Å². The Balaban J connectivity index is 1.92. The molecule has 0 spiro atoms. The predicted molar refractivity (Wildman–Crippen MR) is 77.5 cm³/mol. The van der Waals surface area contributed by atoms with Gasteiger partial charge < -0.3 is 15.3 Å². The number of aromatic nitrogens is 1. The molecule has 5 heteroatoms. The van der Waals surface area contributed by atoms with Crippen molar-refractivity contribution < 1.29 is 5.11 Å². The van der Waals surface area contributed by atoms with Crippen molar-refractivity contribution in [1.29, 1.82) is 0 Å². The number of hydrogen-bond acceptors (Lipinski definition) is 5. The average molecular weight is 264 g/mol. The van der Waals surface area contributed by atoms with Crippen LogP contribution in [0.4, 0.5) is 5.82 Å².